The van der Waals surface area contributed by atoms with E-state index in [1.165, 1.54) is 0 Å². The summed E-state index contributed by atoms with van der Waals surface area (Å²) in [6.45, 7) is 0. The molecule has 0 bridgehead atoms. The van der Waals surface area contributed by atoms with Gasteiger partial charge in [-0.1, -0.05) is 18.2 Å². The van der Waals surface area contributed by atoms with Gasteiger partial charge >= 0.3 is 0 Å². The summed E-state index contributed by atoms with van der Waals surface area (Å²) in [7, 11) is 0. The van der Waals surface area contributed by atoms with Crippen molar-refractivity contribution in [2.45, 2.75) is 30.1 Å². The van der Waals surface area contributed by atoms with Gasteiger partial charge in [0, 0.05) is 10.8 Å². The van der Waals surface area contributed by atoms with E-state index in [1.54, 1.807) is 11.8 Å². The molecule has 3 rings (SSSR count). The molecule has 0 aromatic heterocycles. The molecule has 4 nitrogen and oxygen atoms in total. The summed E-state index contributed by atoms with van der Waals surface area (Å²) in [4.78, 5) is 1.12. The first-order chi connectivity index (χ1) is 12.1. The third-order valence-electron chi connectivity index (χ3n) is 5.27. The summed E-state index contributed by atoms with van der Waals surface area (Å²) in [5.74, 6) is -0.391. The molecule has 0 radical (unpaired) electrons. The number of nitrogens with two attached hydrogens (primary N) is 1. The molecule has 25 heavy (non-hydrogen) atoms. The molecule has 0 fully saturated rings. The minimum absolute atomic E-state index is 0.0323. The maximum atomic E-state index is 9.93. The molecule has 124 valence electrons. The first kappa shape index (κ1) is 17.2. The molecule has 1 aromatic rings. The number of hydrogen-bond acceptors (Lipinski definition) is 5. The molecule has 0 saturated carbocycles. The van der Waals surface area contributed by atoms with Crippen LogP contribution < -0.4 is 5.73 Å². The van der Waals surface area contributed by atoms with Gasteiger partial charge < -0.3 is 5.73 Å². The van der Waals surface area contributed by atoms with Gasteiger partial charge in [0.25, 0.3) is 0 Å². The van der Waals surface area contributed by atoms with Crippen molar-refractivity contribution >= 4 is 11.8 Å². The van der Waals surface area contributed by atoms with Crippen molar-refractivity contribution in [3.8, 4) is 18.2 Å². The van der Waals surface area contributed by atoms with Crippen LogP contribution in [0.5, 0.6) is 0 Å². The molecule has 0 aliphatic heterocycles. The molecule has 0 spiro atoms. The molecule has 2 aliphatic carbocycles. The van der Waals surface area contributed by atoms with Crippen molar-refractivity contribution < 1.29 is 0 Å². The number of hydrogen-bond donors (Lipinski definition) is 1. The number of nitriles is 3. The lowest BCUT2D eigenvalue weighted by molar-refractivity contribution is 0.317. The fourth-order valence-corrected chi connectivity index (χ4v) is 4.47. The molecule has 1 aromatic carbocycles. The van der Waals surface area contributed by atoms with E-state index < -0.39 is 5.41 Å². The minimum atomic E-state index is -1.51. The number of nitrogens with zero attached hydrogens (tertiary/aromatic N) is 3. The van der Waals surface area contributed by atoms with Gasteiger partial charge in [-0.25, -0.2) is 0 Å². The Kier molecular flexibility index (Phi) is 4.58. The Hall–Kier alpha value is -2.68. The predicted molar refractivity (Wildman–Crippen MR) is 96.9 cm³/mol. The number of rotatable bonds is 2. The van der Waals surface area contributed by atoms with Crippen molar-refractivity contribution in [3.63, 3.8) is 0 Å². The lowest BCUT2D eigenvalue weighted by Crippen LogP contribution is -2.42. The van der Waals surface area contributed by atoms with E-state index in [2.05, 4.69) is 24.3 Å². The van der Waals surface area contributed by atoms with Crippen molar-refractivity contribution in [2.24, 2.45) is 17.1 Å². The summed E-state index contributed by atoms with van der Waals surface area (Å²) < 4.78 is 0. The first-order valence-electron chi connectivity index (χ1n) is 8.20. The van der Waals surface area contributed by atoms with Crippen LogP contribution in [0.1, 0.15) is 30.7 Å². The zero-order chi connectivity index (χ0) is 18.0. The predicted octanol–water partition coefficient (Wildman–Crippen LogP) is 4.00. The second-order valence-electron chi connectivity index (χ2n) is 6.38. The quantitative estimate of drug-likeness (QED) is 0.816. The molecule has 5 heteroatoms. The van der Waals surface area contributed by atoms with Gasteiger partial charge in [0.2, 0.25) is 0 Å². The van der Waals surface area contributed by atoms with Crippen LogP contribution in [0.25, 0.3) is 0 Å². The van der Waals surface area contributed by atoms with Crippen LogP contribution in [0.15, 0.2) is 52.1 Å². The SMILES string of the molecule is CSc1ccc([C@H]2[C@H]3CCCC=C3C(C#N)=C(N)C2(C#N)C#N)cc1. The van der Waals surface area contributed by atoms with Crippen molar-refractivity contribution in [3.05, 3.63) is 52.7 Å². The third kappa shape index (κ3) is 2.51. The fourth-order valence-electron chi connectivity index (χ4n) is 4.06. The maximum absolute atomic E-state index is 9.93. The molecule has 2 atom stereocenters. The van der Waals surface area contributed by atoms with Crippen molar-refractivity contribution in [2.75, 3.05) is 6.26 Å². The van der Waals surface area contributed by atoms with E-state index in [4.69, 9.17) is 5.73 Å². The average molecular weight is 346 g/mol. The largest absolute Gasteiger partial charge is 0.399 e. The second-order valence-corrected chi connectivity index (χ2v) is 7.26. The molecule has 0 heterocycles. The lowest BCUT2D eigenvalue weighted by atomic mass is 9.57. The Morgan fingerprint density at radius 1 is 1.16 bits per heavy atom. The van der Waals surface area contributed by atoms with Crippen LogP contribution in [0, 0.1) is 45.3 Å². The van der Waals surface area contributed by atoms with E-state index in [1.807, 2.05) is 30.5 Å². The summed E-state index contributed by atoms with van der Waals surface area (Å²) >= 11 is 1.64. The zero-order valence-corrected chi connectivity index (χ0v) is 14.8. The Bertz CT molecular complexity index is 860. The average Bonchev–Trinajstić information content (AvgIpc) is 2.67. The van der Waals surface area contributed by atoms with E-state index in [0.717, 1.165) is 35.3 Å². The summed E-state index contributed by atoms with van der Waals surface area (Å²) in [6.07, 6.45) is 6.80. The highest BCUT2D eigenvalue weighted by Crippen LogP contribution is 2.55. The van der Waals surface area contributed by atoms with Gasteiger partial charge in [-0.2, -0.15) is 15.8 Å². The minimum Gasteiger partial charge on any atom is -0.399 e. The summed E-state index contributed by atoms with van der Waals surface area (Å²) in [5, 5.41) is 29.5. The Labute approximate surface area is 152 Å². The van der Waals surface area contributed by atoms with Gasteiger partial charge in [0.05, 0.1) is 23.4 Å². The monoisotopic (exact) mass is 346 g/mol. The lowest BCUT2D eigenvalue weighted by Gasteiger charge is -2.43. The van der Waals surface area contributed by atoms with Crippen molar-refractivity contribution in [1.82, 2.24) is 0 Å². The van der Waals surface area contributed by atoms with Crippen LogP contribution >= 0.6 is 11.8 Å². The normalized spacial score (nSPS) is 24.3. The van der Waals surface area contributed by atoms with Crippen LogP contribution in [0.4, 0.5) is 0 Å². The number of thioether (sulfide) groups is 1. The van der Waals surface area contributed by atoms with E-state index in [9.17, 15) is 15.8 Å². The fraction of sp³-hybridized carbons (Fsp3) is 0.350. The molecule has 0 saturated heterocycles. The second kappa shape index (κ2) is 6.67. The van der Waals surface area contributed by atoms with E-state index in [-0.39, 0.29) is 17.5 Å². The van der Waals surface area contributed by atoms with Gasteiger partial charge in [-0.3, -0.25) is 0 Å². The van der Waals surface area contributed by atoms with Gasteiger partial charge in [-0.05, 0) is 54.7 Å². The molecular formula is C20H18N4S. The maximum Gasteiger partial charge on any atom is 0.191 e. The van der Waals surface area contributed by atoms with Crippen LogP contribution in [-0.2, 0) is 0 Å². The molecule has 2 aliphatic rings. The number of allylic oxidation sites excluding steroid dienone is 4. The molecule has 2 N–H and O–H groups in total. The topological polar surface area (TPSA) is 97.4 Å². The van der Waals surface area contributed by atoms with E-state index in [0.29, 0.717) is 5.57 Å². The zero-order valence-electron chi connectivity index (χ0n) is 14.0. The first-order valence-corrected chi connectivity index (χ1v) is 9.42. The van der Waals surface area contributed by atoms with Gasteiger partial charge in [0.1, 0.15) is 6.07 Å². The van der Waals surface area contributed by atoms with Gasteiger partial charge in [-0.15, -0.1) is 11.8 Å². The van der Waals surface area contributed by atoms with E-state index >= 15 is 0 Å². The summed E-state index contributed by atoms with van der Waals surface area (Å²) in [6, 6.07) is 14.5. The highest BCUT2D eigenvalue weighted by molar-refractivity contribution is 7.98. The highest BCUT2D eigenvalue weighted by Gasteiger charge is 2.53. The van der Waals surface area contributed by atoms with Crippen LogP contribution in [0.3, 0.4) is 0 Å². The standard InChI is InChI=1S/C20H18N4S/c1-25-14-8-6-13(7-9-14)18-16-5-3-2-4-15(16)17(10-21)19(24)20(18,11-22)12-23/h4,6-9,16,18H,2-3,5,24H2,1H3/t16-,18-/m0/s1. The van der Waals surface area contributed by atoms with Crippen LogP contribution in [0.2, 0.25) is 0 Å². The Morgan fingerprint density at radius 2 is 1.84 bits per heavy atom. The smallest absolute Gasteiger partial charge is 0.191 e. The highest BCUT2D eigenvalue weighted by atomic mass is 32.2. The van der Waals surface area contributed by atoms with Crippen LogP contribution in [-0.4, -0.2) is 6.26 Å². The third-order valence-corrected chi connectivity index (χ3v) is 6.02. The number of benzene rings is 1. The Balaban J connectivity index is 2.27. The van der Waals surface area contributed by atoms with Crippen molar-refractivity contribution in [1.29, 1.82) is 15.8 Å². The molecule has 0 unspecified atom stereocenters. The summed E-state index contributed by atoms with van der Waals surface area (Å²) in [5.41, 5.74) is 7.00. The molecular weight excluding hydrogens is 328 g/mol. The Morgan fingerprint density at radius 3 is 2.40 bits per heavy atom. The number of fused-ring (bicyclic) bond motifs is 1. The molecule has 0 amide bonds. The van der Waals surface area contributed by atoms with Gasteiger partial charge in [0.15, 0.2) is 5.41 Å².